The Morgan fingerprint density at radius 3 is 2.61 bits per heavy atom. The number of thiocarbonyl (C=S) groups is 1. The molecule has 4 nitrogen and oxygen atoms in total. The fourth-order valence-corrected chi connectivity index (χ4v) is 4.29. The number of furan rings is 1. The maximum Gasteiger partial charge on any atom is 0.170 e. The van der Waals surface area contributed by atoms with Crippen LogP contribution in [0.1, 0.15) is 37.4 Å². The van der Waals surface area contributed by atoms with Crippen molar-refractivity contribution in [2.24, 2.45) is 0 Å². The van der Waals surface area contributed by atoms with Crippen LogP contribution < -0.4 is 5.32 Å². The van der Waals surface area contributed by atoms with Gasteiger partial charge in [0.2, 0.25) is 0 Å². The summed E-state index contributed by atoms with van der Waals surface area (Å²) < 4.78 is 6.26. The maximum absolute atomic E-state index is 6.26. The molecule has 4 rings (SSSR count). The molecule has 0 amide bonds. The first-order valence-electron chi connectivity index (χ1n) is 9.00. The van der Waals surface area contributed by atoms with E-state index in [0.29, 0.717) is 15.2 Å². The first-order valence-corrected chi connectivity index (χ1v) is 10.2. The highest BCUT2D eigenvalue weighted by Gasteiger charge is 2.42. The Morgan fingerprint density at radius 1 is 1.11 bits per heavy atom. The summed E-state index contributed by atoms with van der Waals surface area (Å²) in [5.74, 6) is 1.55. The summed E-state index contributed by atoms with van der Waals surface area (Å²) in [4.78, 5) is 6.69. The van der Waals surface area contributed by atoms with Crippen molar-refractivity contribution in [3.63, 3.8) is 0 Å². The number of hydrogen-bond acceptors (Lipinski definition) is 3. The smallest absolute Gasteiger partial charge is 0.170 e. The van der Waals surface area contributed by atoms with Gasteiger partial charge in [-0.1, -0.05) is 29.3 Å². The second kappa shape index (κ2) is 7.74. The average molecular weight is 432 g/mol. The van der Waals surface area contributed by atoms with Gasteiger partial charge < -0.3 is 14.6 Å². The van der Waals surface area contributed by atoms with Crippen LogP contribution in [0.3, 0.4) is 0 Å². The van der Waals surface area contributed by atoms with Gasteiger partial charge in [0.15, 0.2) is 5.11 Å². The van der Waals surface area contributed by atoms with E-state index in [0.717, 1.165) is 22.8 Å². The van der Waals surface area contributed by atoms with Crippen molar-refractivity contribution in [2.75, 3.05) is 0 Å². The monoisotopic (exact) mass is 431 g/mol. The van der Waals surface area contributed by atoms with Gasteiger partial charge in [0, 0.05) is 17.8 Å². The van der Waals surface area contributed by atoms with E-state index in [2.05, 4.69) is 29.0 Å². The molecule has 3 heterocycles. The molecule has 2 atom stereocenters. The van der Waals surface area contributed by atoms with Gasteiger partial charge in [-0.05, 0) is 68.5 Å². The molecule has 0 spiro atoms. The molecule has 28 heavy (non-hydrogen) atoms. The molecule has 1 saturated heterocycles. The molecular formula is C21H19Cl2N3OS. The topological polar surface area (TPSA) is 41.3 Å². The van der Waals surface area contributed by atoms with E-state index < -0.39 is 0 Å². The first-order chi connectivity index (χ1) is 13.5. The molecule has 1 aliphatic heterocycles. The largest absolute Gasteiger partial charge is 0.459 e. The minimum absolute atomic E-state index is 0.0936. The van der Waals surface area contributed by atoms with Crippen LogP contribution in [0.5, 0.6) is 0 Å². The highest BCUT2D eigenvalue weighted by Crippen LogP contribution is 2.41. The molecule has 3 aromatic rings. The molecule has 1 fully saturated rings. The van der Waals surface area contributed by atoms with E-state index in [1.807, 2.05) is 36.4 Å². The molecule has 1 N–H and O–H groups in total. The first kappa shape index (κ1) is 19.2. The van der Waals surface area contributed by atoms with Crippen molar-refractivity contribution in [1.29, 1.82) is 0 Å². The van der Waals surface area contributed by atoms with E-state index in [4.69, 9.17) is 39.8 Å². The Morgan fingerprint density at radius 2 is 1.93 bits per heavy atom. The second-order valence-corrected chi connectivity index (χ2v) is 8.16. The van der Waals surface area contributed by atoms with Crippen molar-refractivity contribution in [3.05, 3.63) is 76.2 Å². The maximum atomic E-state index is 6.26. The van der Waals surface area contributed by atoms with E-state index in [1.165, 1.54) is 0 Å². The van der Waals surface area contributed by atoms with Gasteiger partial charge in [-0.15, -0.1) is 0 Å². The molecule has 0 unspecified atom stereocenters. The number of nitrogens with zero attached hydrogens (tertiary/aromatic N) is 2. The summed E-state index contributed by atoms with van der Waals surface area (Å²) in [6, 6.07) is 15.3. The van der Waals surface area contributed by atoms with Crippen LogP contribution in [-0.2, 0) is 0 Å². The zero-order valence-corrected chi connectivity index (χ0v) is 17.7. The molecule has 144 valence electrons. The number of halogens is 2. The second-order valence-electron chi connectivity index (χ2n) is 6.96. The van der Waals surface area contributed by atoms with Crippen LogP contribution >= 0.6 is 35.4 Å². The Hall–Kier alpha value is -2.08. The molecule has 0 saturated carbocycles. The molecule has 0 radical (unpaired) electrons. The molecular weight excluding hydrogens is 413 g/mol. The molecule has 2 aromatic heterocycles. The summed E-state index contributed by atoms with van der Waals surface area (Å²) in [5, 5.41) is 5.12. The number of nitrogens with one attached hydrogen (secondary N) is 1. The molecule has 1 aromatic carbocycles. The van der Waals surface area contributed by atoms with Gasteiger partial charge in [-0.3, -0.25) is 4.98 Å². The van der Waals surface area contributed by atoms with E-state index >= 15 is 0 Å². The van der Waals surface area contributed by atoms with Gasteiger partial charge in [-0.2, -0.15) is 0 Å². The molecule has 7 heteroatoms. The summed E-state index contributed by atoms with van der Waals surface area (Å²) in [5.41, 5.74) is 1.80. The van der Waals surface area contributed by atoms with Crippen molar-refractivity contribution >= 4 is 40.5 Å². The van der Waals surface area contributed by atoms with Gasteiger partial charge in [-0.25, -0.2) is 0 Å². The average Bonchev–Trinajstić information content (AvgIpc) is 3.29. The molecule has 1 aliphatic rings. The van der Waals surface area contributed by atoms with Crippen molar-refractivity contribution in [1.82, 2.24) is 15.2 Å². The highest BCUT2D eigenvalue weighted by atomic mass is 35.5. The van der Waals surface area contributed by atoms with Crippen molar-refractivity contribution < 1.29 is 4.42 Å². The predicted octanol–water partition coefficient (Wildman–Crippen LogP) is 6.03. The van der Waals surface area contributed by atoms with Crippen LogP contribution in [0.15, 0.2) is 59.1 Å². The molecule has 0 aliphatic carbocycles. The van der Waals surface area contributed by atoms with Crippen LogP contribution in [0.25, 0.3) is 11.3 Å². The summed E-state index contributed by atoms with van der Waals surface area (Å²) >= 11 is 17.8. The van der Waals surface area contributed by atoms with Gasteiger partial charge in [0.25, 0.3) is 0 Å². The number of rotatable bonds is 4. The normalized spacial score (nSPS) is 19.3. The third kappa shape index (κ3) is 3.50. The Balaban J connectivity index is 1.74. The third-order valence-electron chi connectivity index (χ3n) is 4.81. The Labute approximate surface area is 179 Å². The summed E-state index contributed by atoms with van der Waals surface area (Å²) in [7, 11) is 0. The number of hydrogen-bond donors (Lipinski definition) is 1. The van der Waals surface area contributed by atoms with Crippen LogP contribution in [-0.4, -0.2) is 21.0 Å². The van der Waals surface area contributed by atoms with E-state index in [9.17, 15) is 0 Å². The lowest BCUT2D eigenvalue weighted by Gasteiger charge is -2.29. The number of pyridine rings is 1. The van der Waals surface area contributed by atoms with E-state index in [-0.39, 0.29) is 18.1 Å². The summed E-state index contributed by atoms with van der Waals surface area (Å²) in [6.07, 6.45) is 1.79. The lowest BCUT2D eigenvalue weighted by molar-refractivity contribution is 0.237. The standard InChI is InChI=1S/C21H19Cl2N3OS/c1-12(2)26-20(19(25-21(26)28)16-5-3-4-10-24-16)18-9-8-17(27-18)13-6-7-14(22)15(23)11-13/h3-12,19-20H,1-2H3,(H,25,28)/t19-,20+/m0/s1. The zero-order valence-electron chi connectivity index (χ0n) is 15.4. The van der Waals surface area contributed by atoms with Gasteiger partial charge >= 0.3 is 0 Å². The van der Waals surface area contributed by atoms with Crippen molar-refractivity contribution in [2.45, 2.75) is 32.0 Å². The minimum Gasteiger partial charge on any atom is -0.459 e. The van der Waals surface area contributed by atoms with Crippen LogP contribution in [0.2, 0.25) is 10.0 Å². The highest BCUT2D eigenvalue weighted by molar-refractivity contribution is 7.80. The van der Waals surface area contributed by atoms with Crippen molar-refractivity contribution in [3.8, 4) is 11.3 Å². The predicted molar refractivity (Wildman–Crippen MR) is 117 cm³/mol. The zero-order chi connectivity index (χ0) is 19.8. The van der Waals surface area contributed by atoms with Crippen LogP contribution in [0, 0.1) is 0 Å². The number of benzene rings is 1. The SMILES string of the molecule is CC(C)N1C(=S)N[C@@H](c2ccccn2)[C@H]1c1ccc(-c2ccc(Cl)c(Cl)c2)o1. The van der Waals surface area contributed by atoms with Gasteiger partial charge in [0.05, 0.1) is 21.8 Å². The third-order valence-corrected chi connectivity index (χ3v) is 5.88. The lowest BCUT2D eigenvalue weighted by Crippen LogP contribution is -2.35. The number of aromatic nitrogens is 1. The fraction of sp³-hybridized carbons (Fsp3) is 0.238. The van der Waals surface area contributed by atoms with E-state index in [1.54, 1.807) is 18.3 Å². The van der Waals surface area contributed by atoms with Crippen LogP contribution in [0.4, 0.5) is 0 Å². The fourth-order valence-electron chi connectivity index (χ4n) is 3.54. The molecule has 0 bridgehead atoms. The summed E-state index contributed by atoms with van der Waals surface area (Å²) in [6.45, 7) is 4.23. The quantitative estimate of drug-likeness (QED) is 0.510. The lowest BCUT2D eigenvalue weighted by atomic mass is 10.0. The minimum atomic E-state index is -0.0982. The Kier molecular flexibility index (Phi) is 5.32. The Bertz CT molecular complexity index is 1010. The van der Waals surface area contributed by atoms with Gasteiger partial charge in [0.1, 0.15) is 17.6 Å².